The quantitative estimate of drug-likeness (QED) is 0.451. The highest BCUT2D eigenvalue weighted by molar-refractivity contribution is 5.12. The summed E-state index contributed by atoms with van der Waals surface area (Å²) in [4.78, 5) is 24.6. The van der Waals surface area contributed by atoms with Crippen molar-refractivity contribution in [2.45, 2.75) is 153 Å². The van der Waals surface area contributed by atoms with Gasteiger partial charge in [0.1, 0.15) is 0 Å². The molecule has 9 nitrogen and oxygen atoms in total. The van der Waals surface area contributed by atoms with E-state index in [0.717, 1.165) is 51.4 Å². The molecule has 10 rings (SSSR count). The van der Waals surface area contributed by atoms with E-state index in [1.54, 1.807) is 0 Å². The largest absolute Gasteiger partial charge is 0.390 e. The molecule has 8 saturated heterocycles. The van der Waals surface area contributed by atoms with Gasteiger partial charge < -0.3 is 24.1 Å². The molecule has 10 aliphatic rings. The topological polar surface area (TPSA) is 94.1 Å². The van der Waals surface area contributed by atoms with Gasteiger partial charge in [0.15, 0.2) is 23.8 Å². The summed E-state index contributed by atoms with van der Waals surface area (Å²) >= 11 is 0. The lowest BCUT2D eigenvalue weighted by atomic mass is 9.56. The van der Waals surface area contributed by atoms with Gasteiger partial charge in [-0.05, 0) is 87.9 Å². The number of fused-ring (bicyclic) bond motifs is 4. The minimum Gasteiger partial charge on any atom is -0.390 e. The molecule has 0 radical (unpaired) electrons. The summed E-state index contributed by atoms with van der Waals surface area (Å²) in [6.07, 6.45) is 6.07. The summed E-state index contributed by atoms with van der Waals surface area (Å²) in [6, 6.07) is 0. The van der Waals surface area contributed by atoms with Gasteiger partial charge in [0.05, 0.1) is 18.3 Å². The monoisotopic (exact) mass is 578 g/mol. The first-order valence-corrected chi connectivity index (χ1v) is 16.6. The lowest BCUT2D eigenvalue weighted by Crippen LogP contribution is -2.72. The molecule has 0 amide bonds. The SMILES string of the molecule is C[C@H]1[C@@H](C[C@@H](O)C2O[C@@H]3O[C@]4(C)CC[C@H]5[C@H](C)CC[C@@H]([C@H]2C)C35OO4)O[C@@H]2O[C@]3(C)CC[C@H]4[C@H](C)CC[C@@H]1C24OO3. The third kappa shape index (κ3) is 3.80. The highest BCUT2D eigenvalue weighted by atomic mass is 17.3. The highest BCUT2D eigenvalue weighted by Gasteiger charge is 2.71. The standard InChI is InChI=1S/C32H50O9/c1-16-7-9-22-18(3)25(34-27-31(22)20(16)11-13-29(5,36-27)38-40-31)15-24(33)26-19(4)23-10-8-17(2)21-12-14-30(6)37-28(35-26)32(21,23)41-39-30/h16-28,33H,7-15H2,1-6H3/t16-,17-,18-,19-,20+,21+,22+,23+,24-,25-,26?,27-,28-,29+,30+,31?,32?/m1/s1. The second kappa shape index (κ2) is 9.33. The molecule has 4 bridgehead atoms. The van der Waals surface area contributed by atoms with Crippen molar-refractivity contribution in [1.29, 1.82) is 0 Å². The average Bonchev–Trinajstić information content (AvgIpc) is 3.31. The van der Waals surface area contributed by atoms with Gasteiger partial charge in [-0.3, -0.25) is 0 Å². The van der Waals surface area contributed by atoms with Gasteiger partial charge in [0.2, 0.25) is 11.6 Å². The lowest BCUT2D eigenvalue weighted by Gasteiger charge is -2.62. The summed E-state index contributed by atoms with van der Waals surface area (Å²) in [5, 5.41) is 11.9. The van der Waals surface area contributed by atoms with Crippen LogP contribution in [-0.4, -0.2) is 58.8 Å². The van der Waals surface area contributed by atoms with Crippen LogP contribution >= 0.6 is 0 Å². The summed E-state index contributed by atoms with van der Waals surface area (Å²) in [5.41, 5.74) is -1.22. The number of rotatable bonds is 3. The van der Waals surface area contributed by atoms with Crippen LogP contribution in [-0.2, 0) is 38.5 Å². The van der Waals surface area contributed by atoms with Crippen molar-refractivity contribution in [1.82, 2.24) is 0 Å². The van der Waals surface area contributed by atoms with Crippen molar-refractivity contribution in [2.75, 3.05) is 0 Å². The summed E-state index contributed by atoms with van der Waals surface area (Å²) in [7, 11) is 0. The van der Waals surface area contributed by atoms with Gasteiger partial charge in [0.25, 0.3) is 0 Å². The van der Waals surface area contributed by atoms with Crippen molar-refractivity contribution in [2.24, 2.45) is 47.3 Å². The number of ether oxygens (including phenoxy) is 4. The van der Waals surface area contributed by atoms with Crippen molar-refractivity contribution in [3.63, 3.8) is 0 Å². The molecular formula is C32H50O9. The van der Waals surface area contributed by atoms with E-state index in [0.29, 0.717) is 30.1 Å². The van der Waals surface area contributed by atoms with E-state index < -0.39 is 41.5 Å². The highest BCUT2D eigenvalue weighted by Crippen LogP contribution is 2.63. The first-order valence-electron chi connectivity index (χ1n) is 16.6. The van der Waals surface area contributed by atoms with Gasteiger partial charge >= 0.3 is 0 Å². The minimum atomic E-state index is -0.827. The first kappa shape index (κ1) is 28.1. The lowest BCUT2D eigenvalue weighted by molar-refractivity contribution is -0.573. The third-order valence-corrected chi connectivity index (χ3v) is 13.4. The van der Waals surface area contributed by atoms with Crippen molar-refractivity contribution in [3.05, 3.63) is 0 Å². The normalized spacial score (nSPS) is 61.8. The van der Waals surface area contributed by atoms with Gasteiger partial charge in [-0.15, -0.1) is 0 Å². The first-order chi connectivity index (χ1) is 19.5. The van der Waals surface area contributed by atoms with Gasteiger partial charge in [-0.25, -0.2) is 19.6 Å². The molecule has 10 fully saturated rings. The van der Waals surface area contributed by atoms with Crippen molar-refractivity contribution >= 4 is 0 Å². The Hall–Kier alpha value is -0.360. The van der Waals surface area contributed by atoms with E-state index in [9.17, 15) is 5.11 Å². The number of hydrogen-bond acceptors (Lipinski definition) is 9. The molecule has 0 aromatic heterocycles. The molecular weight excluding hydrogens is 528 g/mol. The molecule has 2 aliphatic carbocycles. The number of hydrogen-bond donors (Lipinski definition) is 1. The second-order valence-corrected chi connectivity index (χ2v) is 15.6. The molecule has 2 saturated carbocycles. The fourth-order valence-corrected chi connectivity index (χ4v) is 11.0. The Kier molecular flexibility index (Phi) is 6.40. The molecule has 17 atom stereocenters. The Morgan fingerprint density at radius 3 is 1.71 bits per heavy atom. The molecule has 41 heavy (non-hydrogen) atoms. The van der Waals surface area contributed by atoms with Gasteiger partial charge in [-0.1, -0.05) is 27.7 Å². The molecule has 0 aromatic rings. The predicted molar refractivity (Wildman–Crippen MR) is 144 cm³/mol. The van der Waals surface area contributed by atoms with Gasteiger partial charge in [-0.2, -0.15) is 0 Å². The minimum absolute atomic E-state index is 0.0804. The third-order valence-electron chi connectivity index (χ3n) is 13.4. The maximum atomic E-state index is 11.9. The molecule has 3 unspecified atom stereocenters. The molecule has 9 heteroatoms. The van der Waals surface area contributed by atoms with Crippen LogP contribution in [0.5, 0.6) is 0 Å². The van der Waals surface area contributed by atoms with Crippen molar-refractivity contribution in [3.8, 4) is 0 Å². The Bertz CT molecular complexity index is 1040. The fraction of sp³-hybridized carbons (Fsp3) is 1.00. The average molecular weight is 579 g/mol. The van der Waals surface area contributed by atoms with Crippen LogP contribution in [0.4, 0.5) is 0 Å². The molecule has 8 heterocycles. The molecule has 1 N–H and O–H groups in total. The van der Waals surface area contributed by atoms with Gasteiger partial charge in [0, 0.05) is 31.1 Å². The molecule has 8 aliphatic heterocycles. The second-order valence-electron chi connectivity index (χ2n) is 15.6. The van der Waals surface area contributed by atoms with E-state index in [-0.39, 0.29) is 35.9 Å². The summed E-state index contributed by atoms with van der Waals surface area (Å²) in [6.45, 7) is 13.0. The molecule has 2 spiro atoms. The van der Waals surface area contributed by atoms with E-state index in [1.165, 1.54) is 0 Å². The summed E-state index contributed by atoms with van der Waals surface area (Å²) < 4.78 is 26.7. The Morgan fingerprint density at radius 1 is 0.634 bits per heavy atom. The Balaban J connectivity index is 1.06. The van der Waals surface area contributed by atoms with Crippen LogP contribution in [0, 0.1) is 47.3 Å². The zero-order valence-electron chi connectivity index (χ0n) is 25.6. The van der Waals surface area contributed by atoms with Crippen molar-refractivity contribution < 1.29 is 43.6 Å². The zero-order valence-corrected chi connectivity index (χ0v) is 25.6. The smallest absolute Gasteiger partial charge is 0.201 e. The van der Waals surface area contributed by atoms with Crippen LogP contribution < -0.4 is 0 Å². The van der Waals surface area contributed by atoms with E-state index in [2.05, 4.69) is 27.7 Å². The molecule has 232 valence electrons. The maximum absolute atomic E-state index is 11.9. The van der Waals surface area contributed by atoms with E-state index >= 15 is 0 Å². The van der Waals surface area contributed by atoms with Crippen LogP contribution in [0.1, 0.15) is 99.3 Å². The summed E-state index contributed by atoms with van der Waals surface area (Å²) in [5.74, 6) is 0.712. The molecule has 0 aromatic carbocycles. The van der Waals surface area contributed by atoms with Crippen LogP contribution in [0.2, 0.25) is 0 Å². The van der Waals surface area contributed by atoms with E-state index in [4.69, 9.17) is 38.5 Å². The Morgan fingerprint density at radius 2 is 1.15 bits per heavy atom. The van der Waals surface area contributed by atoms with Crippen LogP contribution in [0.15, 0.2) is 0 Å². The number of aliphatic hydroxyl groups excluding tert-OH is 1. The van der Waals surface area contributed by atoms with Crippen LogP contribution in [0.25, 0.3) is 0 Å². The number of aliphatic hydroxyl groups is 1. The fourth-order valence-electron chi connectivity index (χ4n) is 11.0. The van der Waals surface area contributed by atoms with E-state index in [1.807, 2.05) is 13.8 Å². The Labute approximate surface area is 244 Å². The predicted octanol–water partition coefficient (Wildman–Crippen LogP) is 5.24. The van der Waals surface area contributed by atoms with Crippen LogP contribution in [0.3, 0.4) is 0 Å². The zero-order chi connectivity index (χ0) is 28.5. The maximum Gasteiger partial charge on any atom is 0.201 e.